The van der Waals surface area contributed by atoms with Crippen LogP contribution in [-0.4, -0.2) is 9.97 Å². The third-order valence-corrected chi connectivity index (χ3v) is 7.10. The smallest absolute Gasteiger partial charge is 0.160 e. The minimum absolute atomic E-state index is 0.625. The van der Waals surface area contributed by atoms with Crippen LogP contribution in [0.15, 0.2) is 138 Å². The number of halogens is 2. The van der Waals surface area contributed by atoms with Gasteiger partial charge in [-0.1, -0.05) is 137 Å². The normalized spacial score (nSPS) is 10.9. The molecular formula is C34H22BrClN2. The van der Waals surface area contributed by atoms with Gasteiger partial charge in [0.2, 0.25) is 0 Å². The molecule has 0 amide bonds. The molecule has 0 radical (unpaired) electrons. The maximum Gasteiger partial charge on any atom is 0.160 e. The Morgan fingerprint density at radius 1 is 0.421 bits per heavy atom. The molecule has 0 aliphatic heterocycles. The highest BCUT2D eigenvalue weighted by Gasteiger charge is 2.12. The average Bonchev–Trinajstić information content (AvgIpc) is 2.97. The highest BCUT2D eigenvalue weighted by Crippen LogP contribution is 2.32. The zero-order valence-electron chi connectivity index (χ0n) is 20.4. The van der Waals surface area contributed by atoms with Gasteiger partial charge in [-0.3, -0.25) is 0 Å². The summed E-state index contributed by atoms with van der Waals surface area (Å²) >= 11 is 9.94. The van der Waals surface area contributed by atoms with Crippen molar-refractivity contribution in [2.24, 2.45) is 0 Å². The fraction of sp³-hybridized carbons (Fsp3) is 0. The Hall–Kier alpha value is -4.05. The summed E-state index contributed by atoms with van der Waals surface area (Å²) < 4.78 is 0.884. The molecule has 0 saturated carbocycles. The van der Waals surface area contributed by atoms with Gasteiger partial charge in [-0.2, -0.15) is 0 Å². The van der Waals surface area contributed by atoms with Crippen LogP contribution in [0, 0.1) is 0 Å². The molecule has 6 rings (SSSR count). The SMILES string of the molecule is Clc1cc(Br)cc(-c2nc(-c3ccc(-c4ccccc4)cc3)cc(-c3ccc(-c4ccccc4)cc3)n2)c1. The summed E-state index contributed by atoms with van der Waals surface area (Å²) in [5, 5.41) is 0.629. The number of hydrogen-bond donors (Lipinski definition) is 0. The highest BCUT2D eigenvalue weighted by molar-refractivity contribution is 9.10. The van der Waals surface area contributed by atoms with E-state index in [-0.39, 0.29) is 0 Å². The van der Waals surface area contributed by atoms with Gasteiger partial charge in [0.05, 0.1) is 11.4 Å². The molecule has 0 spiro atoms. The van der Waals surface area contributed by atoms with Crippen LogP contribution in [-0.2, 0) is 0 Å². The van der Waals surface area contributed by atoms with Crippen LogP contribution in [0.5, 0.6) is 0 Å². The first-order valence-electron chi connectivity index (χ1n) is 12.3. The van der Waals surface area contributed by atoms with Crippen LogP contribution in [0.3, 0.4) is 0 Å². The van der Waals surface area contributed by atoms with Crippen molar-refractivity contribution >= 4 is 27.5 Å². The van der Waals surface area contributed by atoms with Gasteiger partial charge in [0, 0.05) is 26.2 Å². The number of rotatable bonds is 5. The number of aromatic nitrogens is 2. The van der Waals surface area contributed by atoms with Crippen LogP contribution in [0.1, 0.15) is 0 Å². The van der Waals surface area contributed by atoms with Crippen molar-refractivity contribution in [3.8, 4) is 56.2 Å². The predicted octanol–water partition coefficient (Wildman–Crippen LogP) is 10.2. The Morgan fingerprint density at radius 3 is 1.29 bits per heavy atom. The van der Waals surface area contributed by atoms with E-state index in [0.29, 0.717) is 10.8 Å². The van der Waals surface area contributed by atoms with Crippen molar-refractivity contribution in [1.29, 1.82) is 0 Å². The topological polar surface area (TPSA) is 25.8 Å². The second-order valence-corrected chi connectivity index (χ2v) is 10.4. The Balaban J connectivity index is 1.44. The van der Waals surface area contributed by atoms with Gasteiger partial charge >= 0.3 is 0 Å². The fourth-order valence-corrected chi connectivity index (χ4v) is 5.34. The summed E-state index contributed by atoms with van der Waals surface area (Å²) in [6.45, 7) is 0. The van der Waals surface area contributed by atoms with Crippen molar-refractivity contribution < 1.29 is 0 Å². The van der Waals surface area contributed by atoms with Gasteiger partial charge in [-0.05, 0) is 46.5 Å². The maximum absolute atomic E-state index is 6.38. The summed E-state index contributed by atoms with van der Waals surface area (Å²) in [7, 11) is 0. The van der Waals surface area contributed by atoms with Crippen molar-refractivity contribution in [2.45, 2.75) is 0 Å². The van der Waals surface area contributed by atoms with E-state index in [4.69, 9.17) is 21.6 Å². The molecule has 0 atom stereocenters. The van der Waals surface area contributed by atoms with Gasteiger partial charge in [0.15, 0.2) is 5.82 Å². The zero-order valence-corrected chi connectivity index (χ0v) is 22.7. The van der Waals surface area contributed by atoms with E-state index in [1.807, 2.05) is 30.3 Å². The van der Waals surface area contributed by atoms with Crippen molar-refractivity contribution in [3.05, 3.63) is 143 Å². The van der Waals surface area contributed by atoms with E-state index in [0.717, 1.165) is 32.6 Å². The first kappa shape index (κ1) is 24.3. The van der Waals surface area contributed by atoms with E-state index in [1.54, 1.807) is 0 Å². The summed E-state index contributed by atoms with van der Waals surface area (Å²) in [6.07, 6.45) is 0. The van der Waals surface area contributed by atoms with Gasteiger partial charge in [0.1, 0.15) is 0 Å². The quantitative estimate of drug-likeness (QED) is 0.205. The lowest BCUT2D eigenvalue weighted by Crippen LogP contribution is -1.96. The second kappa shape index (κ2) is 10.7. The van der Waals surface area contributed by atoms with E-state index in [2.05, 4.69) is 119 Å². The summed E-state index contributed by atoms with van der Waals surface area (Å²) in [6, 6.07) is 45.6. The fourth-order valence-electron chi connectivity index (χ4n) is 4.48. The van der Waals surface area contributed by atoms with Crippen LogP contribution < -0.4 is 0 Å². The summed E-state index contributed by atoms with van der Waals surface area (Å²) in [5.74, 6) is 0.625. The molecule has 182 valence electrons. The number of nitrogens with zero attached hydrogens (tertiary/aromatic N) is 2. The number of hydrogen-bond acceptors (Lipinski definition) is 2. The minimum atomic E-state index is 0.625. The molecule has 5 aromatic carbocycles. The lowest BCUT2D eigenvalue weighted by atomic mass is 10.0. The third kappa shape index (κ3) is 5.31. The Kier molecular flexibility index (Phi) is 6.87. The third-order valence-electron chi connectivity index (χ3n) is 6.42. The largest absolute Gasteiger partial charge is 0.228 e. The molecule has 2 nitrogen and oxygen atoms in total. The monoisotopic (exact) mass is 572 g/mol. The van der Waals surface area contributed by atoms with E-state index >= 15 is 0 Å². The molecule has 0 aliphatic rings. The lowest BCUT2D eigenvalue weighted by Gasteiger charge is -2.11. The minimum Gasteiger partial charge on any atom is -0.228 e. The first-order chi connectivity index (χ1) is 18.6. The molecule has 0 saturated heterocycles. The average molecular weight is 574 g/mol. The second-order valence-electron chi connectivity index (χ2n) is 9.01. The molecular weight excluding hydrogens is 552 g/mol. The highest BCUT2D eigenvalue weighted by atomic mass is 79.9. The molecule has 0 fully saturated rings. The standard InChI is InChI=1S/C34H22BrClN2/c35-30-19-29(20-31(36)21-30)34-37-32(27-15-11-25(12-16-27)23-7-3-1-4-8-23)22-33(38-34)28-17-13-26(14-18-28)24-9-5-2-6-10-24/h1-22H. The molecule has 6 aromatic rings. The van der Waals surface area contributed by atoms with Crippen LogP contribution >= 0.6 is 27.5 Å². The van der Waals surface area contributed by atoms with Crippen LogP contribution in [0.2, 0.25) is 5.02 Å². The molecule has 0 bridgehead atoms. The van der Waals surface area contributed by atoms with E-state index in [1.165, 1.54) is 22.3 Å². The van der Waals surface area contributed by atoms with E-state index in [9.17, 15) is 0 Å². The van der Waals surface area contributed by atoms with Gasteiger partial charge in [0.25, 0.3) is 0 Å². The van der Waals surface area contributed by atoms with Crippen molar-refractivity contribution in [1.82, 2.24) is 9.97 Å². The maximum atomic E-state index is 6.38. The Labute approximate surface area is 235 Å². The summed E-state index contributed by atoms with van der Waals surface area (Å²) in [5.41, 5.74) is 9.32. The van der Waals surface area contributed by atoms with E-state index < -0.39 is 0 Å². The van der Waals surface area contributed by atoms with Crippen molar-refractivity contribution in [3.63, 3.8) is 0 Å². The lowest BCUT2D eigenvalue weighted by molar-refractivity contribution is 1.18. The molecule has 38 heavy (non-hydrogen) atoms. The summed E-state index contributed by atoms with van der Waals surface area (Å²) in [4.78, 5) is 9.92. The molecule has 4 heteroatoms. The molecule has 1 aromatic heterocycles. The van der Waals surface area contributed by atoms with Crippen LogP contribution in [0.25, 0.3) is 56.2 Å². The Bertz CT molecular complexity index is 1580. The van der Waals surface area contributed by atoms with Crippen LogP contribution in [0.4, 0.5) is 0 Å². The molecule has 0 N–H and O–H groups in total. The predicted molar refractivity (Wildman–Crippen MR) is 162 cm³/mol. The number of benzene rings is 5. The van der Waals surface area contributed by atoms with Crippen molar-refractivity contribution in [2.75, 3.05) is 0 Å². The zero-order chi connectivity index (χ0) is 25.9. The van der Waals surface area contributed by atoms with Gasteiger partial charge < -0.3 is 0 Å². The molecule has 0 unspecified atom stereocenters. The first-order valence-corrected chi connectivity index (χ1v) is 13.5. The molecule has 1 heterocycles. The molecule has 0 aliphatic carbocycles. The Morgan fingerprint density at radius 2 is 0.842 bits per heavy atom. The van der Waals surface area contributed by atoms with Gasteiger partial charge in [-0.15, -0.1) is 0 Å². The van der Waals surface area contributed by atoms with Gasteiger partial charge in [-0.25, -0.2) is 9.97 Å².